The van der Waals surface area contributed by atoms with Gasteiger partial charge in [0.25, 0.3) is 0 Å². The summed E-state index contributed by atoms with van der Waals surface area (Å²) in [5.74, 6) is -1.01. The third-order valence-electron chi connectivity index (χ3n) is 12.2. The molecule has 0 amide bonds. The van der Waals surface area contributed by atoms with E-state index in [1.165, 1.54) is 116 Å². The summed E-state index contributed by atoms with van der Waals surface area (Å²) in [5.41, 5.74) is 0. The zero-order chi connectivity index (χ0) is 51.4. The van der Waals surface area contributed by atoms with Gasteiger partial charge in [-0.05, 0) is 116 Å². The lowest BCUT2D eigenvalue weighted by molar-refractivity contribution is -0.166. The second-order valence-electron chi connectivity index (χ2n) is 19.2. The SMILES string of the molecule is CC/C=C\C/C=C\C/C=C\C/C=C\C/C=C\C/C=C\CCC(=O)OCC(COC(=O)CCCCCCC/C=C\CCCCCCCCC)OC(=O)CCCCCCCCC/C=C\C/C=C\CCCCCC. The van der Waals surface area contributed by atoms with Gasteiger partial charge in [0.1, 0.15) is 13.2 Å². The molecule has 0 spiro atoms. The minimum absolute atomic E-state index is 0.110. The van der Waals surface area contributed by atoms with E-state index in [0.29, 0.717) is 19.3 Å². The minimum Gasteiger partial charge on any atom is -0.462 e. The fraction of sp³-hybridized carbons (Fsp3) is 0.677. The summed E-state index contributed by atoms with van der Waals surface area (Å²) < 4.78 is 16.8. The van der Waals surface area contributed by atoms with Crippen molar-refractivity contribution in [2.24, 2.45) is 0 Å². The molecule has 0 aromatic heterocycles. The van der Waals surface area contributed by atoms with Crippen LogP contribution in [0.1, 0.15) is 265 Å². The molecule has 404 valence electrons. The Hall–Kier alpha value is -3.93. The van der Waals surface area contributed by atoms with E-state index in [1.54, 1.807) is 0 Å². The maximum atomic E-state index is 12.9. The summed E-state index contributed by atoms with van der Waals surface area (Å²) in [6.07, 6.45) is 79.4. The highest BCUT2D eigenvalue weighted by molar-refractivity contribution is 5.71. The smallest absolute Gasteiger partial charge is 0.306 e. The van der Waals surface area contributed by atoms with E-state index in [4.69, 9.17) is 14.2 Å². The fourth-order valence-electron chi connectivity index (χ4n) is 7.85. The van der Waals surface area contributed by atoms with Gasteiger partial charge in [-0.25, -0.2) is 0 Å². The molecular formula is C65H108O6. The molecule has 0 aliphatic rings. The van der Waals surface area contributed by atoms with E-state index < -0.39 is 6.10 Å². The van der Waals surface area contributed by atoms with Crippen molar-refractivity contribution in [3.05, 3.63) is 109 Å². The van der Waals surface area contributed by atoms with Gasteiger partial charge in [0.05, 0.1) is 0 Å². The average Bonchev–Trinajstić information content (AvgIpc) is 3.37. The second-order valence-corrected chi connectivity index (χ2v) is 19.2. The fourth-order valence-corrected chi connectivity index (χ4v) is 7.85. The molecule has 0 bridgehead atoms. The monoisotopic (exact) mass is 985 g/mol. The van der Waals surface area contributed by atoms with Gasteiger partial charge in [0, 0.05) is 19.3 Å². The summed E-state index contributed by atoms with van der Waals surface area (Å²) in [6.45, 7) is 6.44. The number of unbranched alkanes of at least 4 members (excludes halogenated alkanes) is 23. The molecule has 0 aromatic rings. The Labute approximate surface area is 438 Å². The van der Waals surface area contributed by atoms with E-state index in [1.807, 2.05) is 6.08 Å². The number of hydrogen-bond acceptors (Lipinski definition) is 6. The first-order valence-electron chi connectivity index (χ1n) is 29.4. The summed E-state index contributed by atoms with van der Waals surface area (Å²) in [7, 11) is 0. The normalized spacial score (nSPS) is 12.9. The molecule has 0 saturated heterocycles. The van der Waals surface area contributed by atoms with Gasteiger partial charge in [-0.3, -0.25) is 14.4 Å². The molecule has 6 heteroatoms. The molecule has 0 radical (unpaired) electrons. The first-order chi connectivity index (χ1) is 35.0. The van der Waals surface area contributed by atoms with E-state index in [0.717, 1.165) is 103 Å². The molecule has 0 saturated carbocycles. The zero-order valence-electron chi connectivity index (χ0n) is 46.2. The quantitative estimate of drug-likeness (QED) is 0.0261. The number of ether oxygens (including phenoxy) is 3. The third-order valence-corrected chi connectivity index (χ3v) is 12.2. The van der Waals surface area contributed by atoms with Crippen LogP contribution in [0.25, 0.3) is 0 Å². The predicted octanol–water partition coefficient (Wildman–Crippen LogP) is 19.9. The number of carbonyl (C=O) groups is 3. The number of carbonyl (C=O) groups excluding carboxylic acids is 3. The number of hydrogen-bond donors (Lipinski definition) is 0. The topological polar surface area (TPSA) is 78.9 Å². The highest BCUT2D eigenvalue weighted by atomic mass is 16.6. The van der Waals surface area contributed by atoms with Crippen LogP contribution in [0.3, 0.4) is 0 Å². The van der Waals surface area contributed by atoms with Crippen LogP contribution in [-0.2, 0) is 28.6 Å². The first-order valence-corrected chi connectivity index (χ1v) is 29.4. The molecule has 0 fully saturated rings. The molecule has 1 atom stereocenters. The molecule has 1 unspecified atom stereocenters. The average molecular weight is 986 g/mol. The molecule has 0 rings (SSSR count). The summed E-state index contributed by atoms with van der Waals surface area (Å²) in [6, 6.07) is 0. The van der Waals surface area contributed by atoms with Gasteiger partial charge in [-0.2, -0.15) is 0 Å². The Morgan fingerprint density at radius 2 is 0.577 bits per heavy atom. The third kappa shape index (κ3) is 56.9. The van der Waals surface area contributed by atoms with Gasteiger partial charge >= 0.3 is 17.9 Å². The van der Waals surface area contributed by atoms with Crippen molar-refractivity contribution in [2.45, 2.75) is 271 Å². The molecule has 0 aliphatic carbocycles. The van der Waals surface area contributed by atoms with E-state index in [9.17, 15) is 14.4 Å². The van der Waals surface area contributed by atoms with Crippen LogP contribution in [0.2, 0.25) is 0 Å². The molecule has 0 N–H and O–H groups in total. The lowest BCUT2D eigenvalue weighted by atomic mass is 10.1. The van der Waals surface area contributed by atoms with Crippen LogP contribution in [0.5, 0.6) is 0 Å². The van der Waals surface area contributed by atoms with Crippen molar-refractivity contribution in [3.63, 3.8) is 0 Å². The number of allylic oxidation sites excluding steroid dienone is 18. The Morgan fingerprint density at radius 1 is 0.296 bits per heavy atom. The van der Waals surface area contributed by atoms with Gasteiger partial charge < -0.3 is 14.2 Å². The number of rotatable bonds is 52. The maximum Gasteiger partial charge on any atom is 0.306 e. The van der Waals surface area contributed by atoms with Gasteiger partial charge in [-0.15, -0.1) is 0 Å². The van der Waals surface area contributed by atoms with Crippen LogP contribution in [0.4, 0.5) is 0 Å². The van der Waals surface area contributed by atoms with Crippen molar-refractivity contribution in [2.75, 3.05) is 13.2 Å². The molecular weight excluding hydrogens is 877 g/mol. The molecule has 71 heavy (non-hydrogen) atoms. The van der Waals surface area contributed by atoms with Crippen molar-refractivity contribution in [1.82, 2.24) is 0 Å². The van der Waals surface area contributed by atoms with Crippen LogP contribution < -0.4 is 0 Å². The minimum atomic E-state index is -0.819. The van der Waals surface area contributed by atoms with Crippen molar-refractivity contribution in [3.8, 4) is 0 Å². The van der Waals surface area contributed by atoms with Gasteiger partial charge in [-0.1, -0.05) is 239 Å². The predicted molar refractivity (Wildman–Crippen MR) is 307 cm³/mol. The zero-order valence-corrected chi connectivity index (χ0v) is 46.2. The largest absolute Gasteiger partial charge is 0.462 e. The molecule has 0 aliphatic heterocycles. The van der Waals surface area contributed by atoms with E-state index in [-0.39, 0.29) is 37.5 Å². The first kappa shape index (κ1) is 67.1. The standard InChI is InChI=1S/C65H108O6/c1-4-7-10-13-16-19-22-25-28-31-33-35-37-40-43-46-49-52-55-58-64(67)70-61-62(60-69-63(66)57-54-51-48-45-42-39-36-30-27-24-21-18-15-12-9-6-3)71-65(68)59-56-53-50-47-44-41-38-34-32-29-26-23-20-17-14-11-8-5-2/h7,10,16,19-20,23,25,28-30,32-33,35-36,40,43,49,52,62H,4-6,8-9,11-15,17-18,21-22,24,26-27,31,34,37-39,41-42,44-48,50-51,53-61H2,1-3H3/b10-7-,19-16-,23-20-,28-25-,32-29-,35-33-,36-30-,43-40-,52-49-. The van der Waals surface area contributed by atoms with Crippen LogP contribution in [0, 0.1) is 0 Å². The van der Waals surface area contributed by atoms with Gasteiger partial charge in [0.2, 0.25) is 0 Å². The van der Waals surface area contributed by atoms with Crippen LogP contribution in [-0.4, -0.2) is 37.2 Å². The molecule has 6 nitrogen and oxygen atoms in total. The Bertz CT molecular complexity index is 1460. The Morgan fingerprint density at radius 3 is 0.972 bits per heavy atom. The number of esters is 3. The molecule has 0 aromatic carbocycles. The summed E-state index contributed by atoms with van der Waals surface area (Å²) in [5, 5.41) is 0. The van der Waals surface area contributed by atoms with Crippen molar-refractivity contribution in [1.29, 1.82) is 0 Å². The highest BCUT2D eigenvalue weighted by Crippen LogP contribution is 2.14. The second kappa shape index (κ2) is 58.6. The van der Waals surface area contributed by atoms with Crippen molar-refractivity contribution < 1.29 is 28.6 Å². The summed E-state index contributed by atoms with van der Waals surface area (Å²) >= 11 is 0. The lowest BCUT2D eigenvalue weighted by Gasteiger charge is -2.18. The highest BCUT2D eigenvalue weighted by Gasteiger charge is 2.19. The van der Waals surface area contributed by atoms with Gasteiger partial charge in [0.15, 0.2) is 6.10 Å². The summed E-state index contributed by atoms with van der Waals surface area (Å²) in [4.78, 5) is 38.2. The van der Waals surface area contributed by atoms with Crippen LogP contribution >= 0.6 is 0 Å². The molecule has 0 heterocycles. The van der Waals surface area contributed by atoms with Crippen LogP contribution in [0.15, 0.2) is 109 Å². The Balaban J connectivity index is 4.53. The maximum absolute atomic E-state index is 12.9. The van der Waals surface area contributed by atoms with E-state index in [2.05, 4.69) is 124 Å². The van der Waals surface area contributed by atoms with Crippen molar-refractivity contribution >= 4 is 17.9 Å². The Kier molecular flexibility index (Phi) is 55.4. The lowest BCUT2D eigenvalue weighted by Crippen LogP contribution is -2.30. The van der Waals surface area contributed by atoms with E-state index >= 15 is 0 Å².